The molecule has 0 saturated carbocycles. The molecule has 0 spiro atoms. The highest BCUT2D eigenvalue weighted by atomic mass is 19.1. The molecule has 2 heterocycles. The van der Waals surface area contributed by atoms with Gasteiger partial charge in [0.25, 0.3) is 0 Å². The normalized spacial score (nSPS) is 17.7. The van der Waals surface area contributed by atoms with E-state index >= 15 is 0 Å². The van der Waals surface area contributed by atoms with E-state index in [-0.39, 0.29) is 5.82 Å². The van der Waals surface area contributed by atoms with Crippen molar-refractivity contribution in [1.82, 2.24) is 10.3 Å². The number of aromatic nitrogens is 1. The third kappa shape index (κ3) is 2.07. The van der Waals surface area contributed by atoms with E-state index in [1.165, 1.54) is 24.5 Å². The van der Waals surface area contributed by atoms with Crippen LogP contribution in [0.15, 0.2) is 24.4 Å². The maximum Gasteiger partial charge on any atom is 0.147 e. The van der Waals surface area contributed by atoms with Crippen molar-refractivity contribution in [2.45, 2.75) is 19.3 Å². The summed E-state index contributed by atoms with van der Waals surface area (Å²) in [5.74, 6) is 0.581. The molecule has 1 aromatic heterocycles. The van der Waals surface area contributed by atoms with Gasteiger partial charge in [-0.05, 0) is 49.9 Å². The molecule has 0 bridgehead atoms. The summed E-state index contributed by atoms with van der Waals surface area (Å²) in [6.45, 7) is 2.22. The topological polar surface area (TPSA) is 27.8 Å². The molecule has 0 amide bonds. The van der Waals surface area contributed by atoms with Crippen LogP contribution in [0.5, 0.6) is 0 Å². The van der Waals surface area contributed by atoms with Crippen LogP contribution in [0.4, 0.5) is 4.39 Å². The highest BCUT2D eigenvalue weighted by Crippen LogP contribution is 2.25. The monoisotopic (exact) mass is 232 g/mol. The number of H-pyrrole nitrogens is 1. The molecule has 3 heteroatoms. The molecule has 0 aliphatic carbocycles. The largest absolute Gasteiger partial charge is 0.359 e. The van der Waals surface area contributed by atoms with Crippen LogP contribution in [-0.2, 0) is 6.42 Å². The third-order valence-electron chi connectivity index (χ3n) is 3.72. The molecule has 2 nitrogen and oxygen atoms in total. The van der Waals surface area contributed by atoms with Crippen LogP contribution in [0, 0.1) is 11.7 Å². The minimum Gasteiger partial charge on any atom is -0.359 e. The fourth-order valence-electron chi connectivity index (χ4n) is 2.74. The smallest absolute Gasteiger partial charge is 0.147 e. The Morgan fingerprint density at radius 3 is 2.88 bits per heavy atom. The van der Waals surface area contributed by atoms with Gasteiger partial charge in [0.1, 0.15) is 5.82 Å². The van der Waals surface area contributed by atoms with E-state index in [2.05, 4.69) is 10.3 Å². The number of para-hydroxylation sites is 1. The average molecular weight is 232 g/mol. The molecule has 2 aromatic rings. The van der Waals surface area contributed by atoms with E-state index in [4.69, 9.17) is 0 Å². The van der Waals surface area contributed by atoms with Crippen LogP contribution >= 0.6 is 0 Å². The highest BCUT2D eigenvalue weighted by molar-refractivity contribution is 5.83. The lowest BCUT2D eigenvalue weighted by Crippen LogP contribution is -2.28. The molecule has 1 aromatic carbocycles. The van der Waals surface area contributed by atoms with Gasteiger partial charge in [-0.25, -0.2) is 4.39 Å². The van der Waals surface area contributed by atoms with E-state index in [9.17, 15) is 4.39 Å². The van der Waals surface area contributed by atoms with Crippen LogP contribution in [-0.4, -0.2) is 18.1 Å². The summed E-state index contributed by atoms with van der Waals surface area (Å²) in [5, 5.41) is 4.42. The van der Waals surface area contributed by atoms with Gasteiger partial charge in [0.15, 0.2) is 0 Å². The lowest BCUT2D eigenvalue weighted by molar-refractivity contribution is 0.373. The van der Waals surface area contributed by atoms with Crippen LogP contribution in [0.3, 0.4) is 0 Å². The van der Waals surface area contributed by atoms with Crippen molar-refractivity contribution in [2.75, 3.05) is 13.1 Å². The van der Waals surface area contributed by atoms with Gasteiger partial charge in [0, 0.05) is 11.6 Å². The second-order valence-corrected chi connectivity index (χ2v) is 4.87. The molecule has 0 atom stereocenters. The molecule has 17 heavy (non-hydrogen) atoms. The standard InChI is InChI=1S/C14H17FN2/c15-13-3-1-2-12-11(9-17-14(12)13)8-10-4-6-16-7-5-10/h1-3,9-10,16-17H,4-8H2. The number of aromatic amines is 1. The average Bonchev–Trinajstić information content (AvgIpc) is 2.76. The molecule has 1 aliphatic heterocycles. The lowest BCUT2D eigenvalue weighted by atomic mass is 9.91. The molecule has 1 fully saturated rings. The van der Waals surface area contributed by atoms with Crippen molar-refractivity contribution in [3.63, 3.8) is 0 Å². The SMILES string of the molecule is Fc1cccc2c(CC3CCNCC3)c[nH]c12. The van der Waals surface area contributed by atoms with Crippen LogP contribution < -0.4 is 5.32 Å². The van der Waals surface area contributed by atoms with Gasteiger partial charge in [0.05, 0.1) is 5.52 Å². The summed E-state index contributed by atoms with van der Waals surface area (Å²) < 4.78 is 13.5. The zero-order chi connectivity index (χ0) is 11.7. The minimum atomic E-state index is -0.154. The Kier molecular flexibility index (Phi) is 2.85. The van der Waals surface area contributed by atoms with Gasteiger partial charge in [0.2, 0.25) is 0 Å². The molecular formula is C14H17FN2. The second-order valence-electron chi connectivity index (χ2n) is 4.87. The predicted octanol–water partition coefficient (Wildman–Crippen LogP) is 2.85. The van der Waals surface area contributed by atoms with E-state index in [0.29, 0.717) is 5.52 Å². The van der Waals surface area contributed by atoms with Gasteiger partial charge in [-0.3, -0.25) is 0 Å². The Hall–Kier alpha value is -1.35. The van der Waals surface area contributed by atoms with Crippen LogP contribution in [0.2, 0.25) is 0 Å². The molecule has 3 rings (SSSR count). The lowest BCUT2D eigenvalue weighted by Gasteiger charge is -2.22. The number of fused-ring (bicyclic) bond motifs is 1. The van der Waals surface area contributed by atoms with E-state index < -0.39 is 0 Å². The Labute approximate surface area is 100 Å². The van der Waals surface area contributed by atoms with Crippen molar-refractivity contribution in [3.8, 4) is 0 Å². The fourth-order valence-corrected chi connectivity index (χ4v) is 2.74. The van der Waals surface area contributed by atoms with Crippen molar-refractivity contribution >= 4 is 10.9 Å². The van der Waals surface area contributed by atoms with Crippen molar-refractivity contribution in [3.05, 3.63) is 35.8 Å². The molecule has 90 valence electrons. The number of halogens is 1. The predicted molar refractivity (Wildman–Crippen MR) is 67.6 cm³/mol. The Morgan fingerprint density at radius 1 is 1.24 bits per heavy atom. The number of piperidine rings is 1. The number of nitrogens with one attached hydrogen (secondary N) is 2. The number of hydrogen-bond donors (Lipinski definition) is 2. The molecule has 1 saturated heterocycles. The zero-order valence-corrected chi connectivity index (χ0v) is 9.80. The summed E-state index contributed by atoms with van der Waals surface area (Å²) in [4.78, 5) is 3.06. The first-order valence-electron chi connectivity index (χ1n) is 6.30. The first-order valence-corrected chi connectivity index (χ1v) is 6.30. The van der Waals surface area contributed by atoms with E-state index in [1.54, 1.807) is 6.07 Å². The number of hydrogen-bond acceptors (Lipinski definition) is 1. The minimum absolute atomic E-state index is 0.154. The Bertz CT molecular complexity index is 512. The maximum absolute atomic E-state index is 13.5. The number of rotatable bonds is 2. The van der Waals surface area contributed by atoms with E-state index in [0.717, 1.165) is 30.8 Å². The molecular weight excluding hydrogens is 215 g/mol. The molecule has 0 unspecified atom stereocenters. The van der Waals surface area contributed by atoms with Crippen LogP contribution in [0.25, 0.3) is 10.9 Å². The summed E-state index contributed by atoms with van der Waals surface area (Å²) in [6.07, 6.45) is 5.48. The quantitative estimate of drug-likeness (QED) is 0.818. The Balaban J connectivity index is 1.87. The molecule has 1 aliphatic rings. The highest BCUT2D eigenvalue weighted by Gasteiger charge is 2.16. The fraction of sp³-hybridized carbons (Fsp3) is 0.429. The third-order valence-corrected chi connectivity index (χ3v) is 3.72. The van der Waals surface area contributed by atoms with Crippen molar-refractivity contribution in [2.24, 2.45) is 5.92 Å². The first kappa shape index (κ1) is 10.8. The molecule has 2 N–H and O–H groups in total. The second kappa shape index (κ2) is 4.49. The van der Waals surface area contributed by atoms with Gasteiger partial charge in [-0.15, -0.1) is 0 Å². The summed E-state index contributed by atoms with van der Waals surface area (Å²) in [7, 11) is 0. The van der Waals surface area contributed by atoms with Gasteiger partial charge in [-0.1, -0.05) is 12.1 Å². The first-order chi connectivity index (χ1) is 8.34. The van der Waals surface area contributed by atoms with Gasteiger partial charge in [-0.2, -0.15) is 0 Å². The summed E-state index contributed by atoms with van der Waals surface area (Å²) in [5.41, 5.74) is 1.91. The summed E-state index contributed by atoms with van der Waals surface area (Å²) >= 11 is 0. The van der Waals surface area contributed by atoms with Gasteiger partial charge >= 0.3 is 0 Å². The van der Waals surface area contributed by atoms with Crippen LogP contribution in [0.1, 0.15) is 18.4 Å². The number of benzene rings is 1. The molecule has 0 radical (unpaired) electrons. The maximum atomic E-state index is 13.5. The van der Waals surface area contributed by atoms with E-state index in [1.807, 2.05) is 12.3 Å². The van der Waals surface area contributed by atoms with Gasteiger partial charge < -0.3 is 10.3 Å². The Morgan fingerprint density at radius 2 is 2.06 bits per heavy atom. The summed E-state index contributed by atoms with van der Waals surface area (Å²) in [6, 6.07) is 5.30. The van der Waals surface area contributed by atoms with Crippen molar-refractivity contribution < 1.29 is 4.39 Å². The van der Waals surface area contributed by atoms with Crippen molar-refractivity contribution in [1.29, 1.82) is 0 Å². The zero-order valence-electron chi connectivity index (χ0n) is 9.80.